The fourth-order valence-electron chi connectivity index (χ4n) is 7.72. The van der Waals surface area contributed by atoms with Crippen LogP contribution in [-0.2, 0) is 36.9 Å². The first kappa shape index (κ1) is 39.5. The number of carbonyl (C=O) groups is 3. The third-order valence-corrected chi connectivity index (χ3v) is 10.7. The summed E-state index contributed by atoms with van der Waals surface area (Å²) in [4.78, 5) is 73.0. The second kappa shape index (κ2) is 17.9. The van der Waals surface area contributed by atoms with Crippen LogP contribution < -0.4 is 5.32 Å². The highest BCUT2D eigenvalue weighted by molar-refractivity contribution is 5.87. The molecule has 2 aliphatic rings. The molecule has 0 unspecified atom stereocenters. The monoisotopic (exact) mass is 754 g/mol. The van der Waals surface area contributed by atoms with Crippen LogP contribution in [0.4, 0.5) is 4.79 Å². The molecule has 3 N–H and O–H groups in total. The molecule has 0 radical (unpaired) electrons. The maximum absolute atomic E-state index is 13.6. The van der Waals surface area contributed by atoms with Gasteiger partial charge in [-0.15, -0.1) is 0 Å². The topological polar surface area (TPSA) is 167 Å². The number of nitrogens with one attached hydrogen (secondary N) is 3. The molecule has 55 heavy (non-hydrogen) atoms. The van der Waals surface area contributed by atoms with Crippen LogP contribution in [0.25, 0.3) is 22.3 Å². The van der Waals surface area contributed by atoms with Crippen molar-refractivity contribution in [2.24, 2.45) is 16.8 Å². The van der Waals surface area contributed by atoms with Crippen molar-refractivity contribution < 1.29 is 28.9 Å². The maximum atomic E-state index is 13.6. The molecule has 4 aromatic rings. The van der Waals surface area contributed by atoms with Gasteiger partial charge in [0.15, 0.2) is 0 Å². The van der Waals surface area contributed by atoms with Crippen LogP contribution in [0.15, 0.2) is 53.7 Å². The molecule has 2 saturated heterocycles. The van der Waals surface area contributed by atoms with Crippen LogP contribution in [0.2, 0.25) is 0 Å². The molecule has 4 heterocycles. The predicted octanol–water partition coefficient (Wildman–Crippen LogP) is 6.47. The van der Waals surface area contributed by atoms with Crippen molar-refractivity contribution in [3.05, 3.63) is 71.4 Å². The van der Waals surface area contributed by atoms with Crippen molar-refractivity contribution in [1.82, 2.24) is 35.1 Å². The zero-order valence-electron chi connectivity index (χ0n) is 32.7. The Labute approximate surface area is 322 Å². The Morgan fingerprint density at radius 1 is 0.891 bits per heavy atom. The Hall–Kier alpha value is -5.24. The van der Waals surface area contributed by atoms with Crippen LogP contribution in [0, 0.1) is 11.8 Å². The molecule has 2 aromatic carbocycles. The van der Waals surface area contributed by atoms with Crippen molar-refractivity contribution in [3.8, 4) is 11.3 Å². The molecule has 14 nitrogen and oxygen atoms in total. The van der Waals surface area contributed by atoms with Crippen LogP contribution in [0.1, 0.15) is 94.7 Å². The normalized spacial score (nSPS) is 18.5. The molecule has 3 amide bonds. The number of fused-ring (bicyclic) bond motifs is 1. The largest absolute Gasteiger partial charge is 0.453 e. The molecule has 4 atom stereocenters. The van der Waals surface area contributed by atoms with E-state index in [1.165, 1.54) is 31.7 Å². The number of alkyl carbamates (subject to hydrolysis) is 1. The van der Waals surface area contributed by atoms with Gasteiger partial charge >= 0.3 is 6.09 Å². The first-order valence-electron chi connectivity index (χ1n) is 19.4. The minimum atomic E-state index is -0.669. The average molecular weight is 755 g/mol. The van der Waals surface area contributed by atoms with Gasteiger partial charge in [0, 0.05) is 13.1 Å². The summed E-state index contributed by atoms with van der Waals surface area (Å²) in [5.41, 5.74) is 6.27. The number of aryl methyl sites for hydroxylation is 2. The van der Waals surface area contributed by atoms with Crippen LogP contribution in [-0.4, -0.2) is 93.4 Å². The third-order valence-electron chi connectivity index (χ3n) is 10.7. The van der Waals surface area contributed by atoms with Crippen LogP contribution in [0.5, 0.6) is 0 Å². The van der Waals surface area contributed by atoms with Gasteiger partial charge < -0.3 is 34.7 Å². The van der Waals surface area contributed by atoms with Gasteiger partial charge in [0.1, 0.15) is 23.7 Å². The van der Waals surface area contributed by atoms with Crippen molar-refractivity contribution in [2.45, 2.75) is 96.8 Å². The number of likely N-dealkylation sites (tertiary alicyclic amines) is 2. The molecular weight excluding hydrogens is 701 g/mol. The van der Waals surface area contributed by atoms with Gasteiger partial charge in [-0.2, -0.15) is 4.89 Å². The zero-order valence-corrected chi connectivity index (χ0v) is 32.7. The van der Waals surface area contributed by atoms with E-state index in [1.807, 2.05) is 49.8 Å². The van der Waals surface area contributed by atoms with Crippen molar-refractivity contribution >= 4 is 35.3 Å². The first-order chi connectivity index (χ1) is 26.6. The molecule has 2 fully saturated rings. The quantitative estimate of drug-likeness (QED) is 0.0538. The Kier molecular flexibility index (Phi) is 12.9. The smallest absolute Gasteiger partial charge is 0.407 e. The summed E-state index contributed by atoms with van der Waals surface area (Å²) in [6.07, 6.45) is 8.68. The van der Waals surface area contributed by atoms with E-state index >= 15 is 0 Å². The Bertz CT molecular complexity index is 1950. The SMILES string of the molecule is COOC=N[C@H](C(=O)N1CCC[C@H]1c1ncc(-c2ccc(CCCc3ccc4nc([C@@H]5CCCN5C(=O)[C@@H](NC(=O)OC)C(C)C)[nH]c4c3)cc2)[nH]1)C(C)C. The van der Waals surface area contributed by atoms with E-state index in [0.29, 0.717) is 13.1 Å². The van der Waals surface area contributed by atoms with E-state index in [1.54, 1.807) is 0 Å². The molecule has 0 aliphatic carbocycles. The summed E-state index contributed by atoms with van der Waals surface area (Å²) in [6, 6.07) is 13.4. The number of methoxy groups -OCH3 is 1. The van der Waals surface area contributed by atoms with Crippen molar-refractivity contribution in [1.29, 1.82) is 0 Å². The minimum absolute atomic E-state index is 0.000922. The van der Waals surface area contributed by atoms with Crippen LogP contribution >= 0.6 is 0 Å². The lowest BCUT2D eigenvalue weighted by atomic mass is 10.0. The molecular formula is C41H54N8O6. The predicted molar refractivity (Wildman–Crippen MR) is 209 cm³/mol. The zero-order chi connectivity index (χ0) is 39.1. The highest BCUT2D eigenvalue weighted by atomic mass is 17.2. The van der Waals surface area contributed by atoms with Gasteiger partial charge in [0.2, 0.25) is 18.2 Å². The number of hydrogen-bond acceptors (Lipinski definition) is 9. The summed E-state index contributed by atoms with van der Waals surface area (Å²) in [6.45, 7) is 9.04. The fourth-order valence-corrected chi connectivity index (χ4v) is 7.72. The lowest BCUT2D eigenvalue weighted by Crippen LogP contribution is -2.51. The molecule has 6 rings (SSSR count). The lowest BCUT2D eigenvalue weighted by molar-refractivity contribution is -0.188. The molecule has 294 valence electrons. The second-order valence-corrected chi connectivity index (χ2v) is 15.1. The van der Waals surface area contributed by atoms with E-state index in [9.17, 15) is 14.4 Å². The number of aromatic nitrogens is 4. The average Bonchev–Trinajstić information content (AvgIpc) is 4.01. The molecule has 0 saturated carbocycles. The van der Waals surface area contributed by atoms with Crippen LogP contribution in [0.3, 0.4) is 0 Å². The molecule has 0 bridgehead atoms. The Balaban J connectivity index is 1.04. The highest BCUT2D eigenvalue weighted by Crippen LogP contribution is 2.34. The summed E-state index contributed by atoms with van der Waals surface area (Å²) < 4.78 is 4.76. The van der Waals surface area contributed by atoms with E-state index in [2.05, 4.69) is 61.6 Å². The summed E-state index contributed by atoms with van der Waals surface area (Å²) in [5.74, 6) is 1.31. The van der Waals surface area contributed by atoms with Gasteiger partial charge in [-0.25, -0.2) is 19.8 Å². The van der Waals surface area contributed by atoms with Crippen molar-refractivity contribution in [3.63, 3.8) is 0 Å². The van der Waals surface area contributed by atoms with Gasteiger partial charge in [0.05, 0.1) is 49.2 Å². The number of ether oxygens (including phenoxy) is 1. The van der Waals surface area contributed by atoms with Gasteiger partial charge in [-0.3, -0.25) is 9.59 Å². The lowest BCUT2D eigenvalue weighted by Gasteiger charge is -2.29. The van der Waals surface area contributed by atoms with E-state index in [0.717, 1.165) is 78.9 Å². The number of aromatic amines is 2. The standard InChI is InChI=1S/C41H54N8O6/c1-25(2)35(43-24-55-54-6)39(50)48-20-8-12-33(48)37-42-23-32(46-37)29-17-14-27(15-18-29)10-7-11-28-16-19-30-31(22-28)45-38(44-30)34-13-9-21-49(34)40(51)36(26(3)4)47-41(52)53-5/h14-19,22-26,33-36H,7-13,20-21H2,1-6H3,(H,42,46)(H,44,45)(H,47,52)/t33-,34-,35-,36-/m0/s1. The van der Waals surface area contributed by atoms with E-state index < -0.39 is 18.2 Å². The van der Waals surface area contributed by atoms with E-state index in [4.69, 9.17) is 19.6 Å². The van der Waals surface area contributed by atoms with Gasteiger partial charge in [0.25, 0.3) is 0 Å². The molecule has 14 heteroatoms. The van der Waals surface area contributed by atoms with Gasteiger partial charge in [-0.1, -0.05) is 58.0 Å². The first-order valence-corrected chi connectivity index (χ1v) is 19.4. The minimum Gasteiger partial charge on any atom is -0.453 e. The Morgan fingerprint density at radius 2 is 1.56 bits per heavy atom. The number of hydrogen-bond donors (Lipinski definition) is 3. The fraction of sp³-hybridized carbons (Fsp3) is 0.512. The third kappa shape index (κ3) is 9.18. The summed E-state index contributed by atoms with van der Waals surface area (Å²) >= 11 is 0. The maximum Gasteiger partial charge on any atom is 0.407 e. The molecule has 0 spiro atoms. The number of amides is 3. The molecule has 2 aromatic heterocycles. The van der Waals surface area contributed by atoms with Crippen molar-refractivity contribution in [2.75, 3.05) is 27.3 Å². The number of carbonyl (C=O) groups excluding carboxylic acids is 3. The van der Waals surface area contributed by atoms with Gasteiger partial charge in [-0.05, 0) is 85.6 Å². The summed E-state index contributed by atoms with van der Waals surface area (Å²) in [5, 5.41) is 2.71. The Morgan fingerprint density at radius 3 is 2.24 bits per heavy atom. The van der Waals surface area contributed by atoms with E-state index in [-0.39, 0.29) is 35.7 Å². The summed E-state index contributed by atoms with van der Waals surface area (Å²) in [7, 11) is 2.70. The number of H-pyrrole nitrogens is 2. The molecule has 2 aliphatic heterocycles. The second-order valence-electron chi connectivity index (χ2n) is 15.1. The number of imidazole rings is 2. The number of nitrogens with zero attached hydrogens (tertiary/aromatic N) is 5. The number of aliphatic imine (C=N–C) groups is 1. The highest BCUT2D eigenvalue weighted by Gasteiger charge is 2.38. The number of benzene rings is 2. The number of rotatable bonds is 15.